The van der Waals surface area contributed by atoms with Crippen molar-refractivity contribution in [1.29, 1.82) is 0 Å². The number of oxime groups is 1. The fourth-order valence-corrected chi connectivity index (χ4v) is 2.62. The average molecular weight is 371 g/mol. The molecule has 1 rings (SSSR count). The van der Waals surface area contributed by atoms with E-state index in [2.05, 4.69) is 9.44 Å². The normalized spacial score (nSPS) is 34.2. The van der Waals surface area contributed by atoms with Crippen molar-refractivity contribution >= 4 is 27.2 Å². The Hall–Kier alpha value is 1.17. The maximum absolute atomic E-state index is 10.2. The van der Waals surface area contributed by atoms with Crippen molar-refractivity contribution in [3.8, 4) is 0 Å². The van der Waals surface area contributed by atoms with Crippen LogP contribution in [-0.4, -0.2) is 74.9 Å². The van der Waals surface area contributed by atoms with Crippen LogP contribution in [0.25, 0.3) is 0 Å². The molecule has 5 atom stereocenters. The second-order valence-electron chi connectivity index (χ2n) is 3.91. The maximum Gasteiger partial charge on any atom is 1.00 e. The summed E-state index contributed by atoms with van der Waals surface area (Å²) in [5.41, 5.74) is -1.13. The first-order chi connectivity index (χ1) is 9.15. The SMILES string of the molecule is CC(=NOS(=O)(=O)[O-])SC1OC(CO)C(O)C(O)C1O.[K+]. The van der Waals surface area contributed by atoms with E-state index in [9.17, 15) is 28.3 Å². The fourth-order valence-electron chi connectivity index (χ4n) is 1.45. The largest absolute Gasteiger partial charge is 1.00 e. The first-order valence-corrected chi connectivity index (χ1v) is 7.53. The van der Waals surface area contributed by atoms with E-state index in [1.54, 1.807) is 0 Å². The Bertz CT molecular complexity index is 457. The third-order valence-corrected chi connectivity index (χ3v) is 3.69. The zero-order chi connectivity index (χ0) is 15.5. The van der Waals surface area contributed by atoms with Gasteiger partial charge >= 0.3 is 51.4 Å². The van der Waals surface area contributed by atoms with E-state index in [4.69, 9.17) is 9.84 Å². The minimum absolute atomic E-state index is 0. The number of nitrogens with zero attached hydrogens (tertiary/aromatic N) is 1. The van der Waals surface area contributed by atoms with Crippen molar-refractivity contribution in [1.82, 2.24) is 0 Å². The van der Waals surface area contributed by atoms with Gasteiger partial charge in [0.2, 0.25) is 0 Å². The van der Waals surface area contributed by atoms with Crippen LogP contribution in [0.15, 0.2) is 5.16 Å². The molecule has 0 aromatic carbocycles. The van der Waals surface area contributed by atoms with Crippen molar-refractivity contribution in [2.24, 2.45) is 5.16 Å². The fraction of sp³-hybridized carbons (Fsp3) is 0.875. The molecule has 21 heavy (non-hydrogen) atoms. The van der Waals surface area contributed by atoms with Crippen LogP contribution in [0.4, 0.5) is 0 Å². The molecule has 0 aliphatic carbocycles. The minimum Gasteiger partial charge on any atom is -0.714 e. The van der Waals surface area contributed by atoms with Gasteiger partial charge in [0.15, 0.2) is 0 Å². The zero-order valence-corrected chi connectivity index (χ0v) is 15.9. The first kappa shape index (κ1) is 22.2. The summed E-state index contributed by atoms with van der Waals surface area (Å²) in [5, 5.41) is 40.6. The predicted molar refractivity (Wildman–Crippen MR) is 65.2 cm³/mol. The van der Waals surface area contributed by atoms with Crippen LogP contribution < -0.4 is 51.4 Å². The van der Waals surface area contributed by atoms with Gasteiger partial charge in [-0.1, -0.05) is 16.9 Å². The number of aliphatic hydroxyl groups is 4. The van der Waals surface area contributed by atoms with Gasteiger partial charge in [0.1, 0.15) is 34.9 Å². The molecule has 13 heteroatoms. The monoisotopic (exact) mass is 371 g/mol. The average Bonchev–Trinajstić information content (AvgIpc) is 2.36. The predicted octanol–water partition coefficient (Wildman–Crippen LogP) is -5.67. The summed E-state index contributed by atoms with van der Waals surface area (Å²) in [5.74, 6) is 0. The quantitative estimate of drug-likeness (QED) is 0.0933. The molecule has 4 N–H and O–H groups in total. The van der Waals surface area contributed by atoms with E-state index in [1.807, 2.05) is 0 Å². The van der Waals surface area contributed by atoms with Gasteiger partial charge in [-0.25, -0.2) is 0 Å². The molecule has 1 heterocycles. The third kappa shape index (κ3) is 7.07. The molecule has 118 valence electrons. The molecule has 1 aliphatic rings. The summed E-state index contributed by atoms with van der Waals surface area (Å²) in [6.45, 7) is 0.681. The van der Waals surface area contributed by atoms with Gasteiger partial charge in [0.05, 0.1) is 6.61 Å². The first-order valence-electron chi connectivity index (χ1n) is 5.32. The Balaban J connectivity index is 0.00000400. The Kier molecular flexibility index (Phi) is 9.98. The van der Waals surface area contributed by atoms with Gasteiger partial charge in [-0.05, 0) is 6.92 Å². The molecule has 0 spiro atoms. The summed E-state index contributed by atoms with van der Waals surface area (Å²) < 4.78 is 39.4. The van der Waals surface area contributed by atoms with Gasteiger partial charge in [-0.2, -0.15) is 8.42 Å². The molecule has 0 aromatic rings. The van der Waals surface area contributed by atoms with E-state index >= 15 is 0 Å². The van der Waals surface area contributed by atoms with E-state index in [1.165, 1.54) is 6.92 Å². The summed E-state index contributed by atoms with van der Waals surface area (Å²) in [7, 11) is -4.99. The van der Waals surface area contributed by atoms with Gasteiger partial charge in [0, 0.05) is 0 Å². The standard InChI is InChI=1S/C8H15NO9S2.K/c1-3(9-18-20(14,15)16)19-8-7(13)6(12)5(11)4(2-10)17-8;/h4-8,10-13H,2H2,1H3,(H,14,15,16);/q;+1/p-1. The molecule has 0 bridgehead atoms. The van der Waals surface area contributed by atoms with Crippen molar-refractivity contribution in [2.45, 2.75) is 36.8 Å². The Labute approximate surface area is 167 Å². The summed E-state index contributed by atoms with van der Waals surface area (Å²) in [6, 6.07) is 0. The van der Waals surface area contributed by atoms with Crippen LogP contribution in [0.3, 0.4) is 0 Å². The number of hydrogen-bond donors (Lipinski definition) is 4. The number of rotatable bonds is 4. The van der Waals surface area contributed by atoms with Gasteiger partial charge < -0.3 is 29.7 Å². The molecule has 0 aromatic heterocycles. The zero-order valence-electron chi connectivity index (χ0n) is 11.2. The Morgan fingerprint density at radius 3 is 2.38 bits per heavy atom. The van der Waals surface area contributed by atoms with Crippen molar-refractivity contribution in [3.63, 3.8) is 0 Å². The van der Waals surface area contributed by atoms with Crippen LogP contribution in [0.2, 0.25) is 0 Å². The van der Waals surface area contributed by atoms with Crippen molar-refractivity contribution < 1.29 is 93.8 Å². The van der Waals surface area contributed by atoms with Crippen molar-refractivity contribution in [3.05, 3.63) is 0 Å². The molecule has 1 fully saturated rings. The summed E-state index contributed by atoms with van der Waals surface area (Å²) in [6.07, 6.45) is -5.66. The van der Waals surface area contributed by atoms with Crippen LogP contribution in [0.1, 0.15) is 6.92 Å². The maximum atomic E-state index is 10.2. The van der Waals surface area contributed by atoms with Crippen molar-refractivity contribution in [2.75, 3.05) is 6.61 Å². The molecule has 10 nitrogen and oxygen atoms in total. The molecular weight excluding hydrogens is 357 g/mol. The number of ether oxygens (including phenoxy) is 1. The number of aliphatic hydroxyl groups excluding tert-OH is 4. The number of hydrogen-bond acceptors (Lipinski definition) is 11. The molecule has 0 radical (unpaired) electrons. The molecule has 0 amide bonds. The second-order valence-corrected chi connectivity index (χ2v) is 6.16. The Morgan fingerprint density at radius 1 is 1.33 bits per heavy atom. The van der Waals surface area contributed by atoms with Gasteiger partial charge in [-0.3, -0.25) is 4.28 Å². The van der Waals surface area contributed by atoms with Gasteiger partial charge in [-0.15, -0.1) is 0 Å². The molecular formula is C8H14KNO9S2. The third-order valence-electron chi connectivity index (χ3n) is 2.39. The van der Waals surface area contributed by atoms with Crippen LogP contribution in [0, 0.1) is 0 Å². The summed E-state index contributed by atoms with van der Waals surface area (Å²) in [4.78, 5) is 0. The van der Waals surface area contributed by atoms with E-state index in [-0.39, 0.29) is 56.4 Å². The van der Waals surface area contributed by atoms with Crippen LogP contribution in [0.5, 0.6) is 0 Å². The van der Waals surface area contributed by atoms with Gasteiger partial charge in [0.25, 0.3) is 10.4 Å². The number of thioether (sulfide) groups is 1. The van der Waals surface area contributed by atoms with Crippen LogP contribution >= 0.6 is 11.8 Å². The molecule has 1 saturated heterocycles. The van der Waals surface area contributed by atoms with E-state index in [0.29, 0.717) is 11.8 Å². The molecule has 1 aliphatic heterocycles. The molecule has 0 saturated carbocycles. The molecule has 5 unspecified atom stereocenters. The van der Waals surface area contributed by atoms with E-state index in [0.717, 1.165) is 0 Å². The van der Waals surface area contributed by atoms with E-state index < -0.39 is 46.9 Å². The topological polar surface area (TPSA) is 169 Å². The second kappa shape index (κ2) is 9.46. The minimum atomic E-state index is -4.99. The smallest absolute Gasteiger partial charge is 0.714 e. The Morgan fingerprint density at radius 2 is 1.90 bits per heavy atom. The van der Waals surface area contributed by atoms with Crippen LogP contribution in [-0.2, 0) is 19.4 Å². The summed E-state index contributed by atoms with van der Waals surface area (Å²) >= 11 is 0.661.